The first-order valence-electron chi connectivity index (χ1n) is 8.93. The van der Waals surface area contributed by atoms with Crippen LogP contribution < -0.4 is 0 Å². The van der Waals surface area contributed by atoms with E-state index < -0.39 is 0 Å². The number of pyridine rings is 1. The number of nitrogens with zero attached hydrogens (tertiary/aromatic N) is 3. The van der Waals surface area contributed by atoms with E-state index in [1.807, 2.05) is 36.7 Å². The van der Waals surface area contributed by atoms with Crippen LogP contribution in [0.3, 0.4) is 0 Å². The van der Waals surface area contributed by atoms with Crippen LogP contribution in [0.15, 0.2) is 67.0 Å². The van der Waals surface area contributed by atoms with Gasteiger partial charge in [0.15, 0.2) is 0 Å². The van der Waals surface area contributed by atoms with Crippen molar-refractivity contribution in [1.29, 1.82) is 0 Å². The minimum atomic E-state index is -0.0454. The first-order chi connectivity index (χ1) is 12.6. The predicted octanol–water partition coefficient (Wildman–Crippen LogP) is 5.19. The Hall–Kier alpha value is -3.07. The maximum Gasteiger partial charge on any atom is 0.0933 e. The fourth-order valence-electron chi connectivity index (χ4n) is 3.91. The highest BCUT2D eigenvalue weighted by atomic mass is 14.9. The molecule has 0 radical (unpaired) electrons. The van der Waals surface area contributed by atoms with Crippen molar-refractivity contribution in [3.05, 3.63) is 78.2 Å². The van der Waals surface area contributed by atoms with Gasteiger partial charge in [-0.2, -0.15) is 0 Å². The Morgan fingerprint density at radius 1 is 0.808 bits per heavy atom. The minimum Gasteiger partial charge on any atom is -0.265 e. The monoisotopic (exact) mass is 337 g/mol. The minimum absolute atomic E-state index is 0.0454. The fraction of sp³-hybridized carbons (Fsp3) is 0.174. The van der Waals surface area contributed by atoms with Gasteiger partial charge in [0.2, 0.25) is 0 Å². The second-order valence-electron chi connectivity index (χ2n) is 7.58. The first-order valence-corrected chi connectivity index (χ1v) is 8.93. The highest BCUT2D eigenvalue weighted by Gasteiger charge is 2.34. The van der Waals surface area contributed by atoms with E-state index in [9.17, 15) is 0 Å². The van der Waals surface area contributed by atoms with Gasteiger partial charge in [0, 0.05) is 23.4 Å². The number of hydrogen-bond donors (Lipinski definition) is 0. The maximum absolute atomic E-state index is 4.98. The largest absolute Gasteiger partial charge is 0.265 e. The molecule has 126 valence electrons. The Kier molecular flexibility index (Phi) is 3.20. The van der Waals surface area contributed by atoms with Gasteiger partial charge >= 0.3 is 0 Å². The molecule has 0 fully saturated rings. The molecule has 3 heteroatoms. The number of fused-ring (bicyclic) bond motifs is 4. The third-order valence-corrected chi connectivity index (χ3v) is 5.22. The van der Waals surface area contributed by atoms with Crippen LogP contribution >= 0.6 is 0 Å². The molecule has 26 heavy (non-hydrogen) atoms. The highest BCUT2D eigenvalue weighted by molar-refractivity contribution is 5.82. The van der Waals surface area contributed by atoms with E-state index in [2.05, 4.69) is 49.2 Å². The van der Waals surface area contributed by atoms with E-state index >= 15 is 0 Å². The van der Waals surface area contributed by atoms with Gasteiger partial charge in [-0.15, -0.1) is 0 Å². The standard InChI is InChI=1S/C23H19N3/c1-23(2)14-17-13-16(15-9-11-24-12-10-15)7-8-18(17)21-22(23)26-20-6-4-3-5-19(20)25-21/h3-13H,14H2,1-2H3. The Bertz CT molecular complexity index is 1130. The van der Waals surface area contributed by atoms with Gasteiger partial charge in [-0.25, -0.2) is 9.97 Å². The van der Waals surface area contributed by atoms with Crippen molar-refractivity contribution in [2.75, 3.05) is 0 Å². The van der Waals surface area contributed by atoms with E-state index in [1.54, 1.807) is 0 Å². The third-order valence-electron chi connectivity index (χ3n) is 5.22. The van der Waals surface area contributed by atoms with Gasteiger partial charge in [0.1, 0.15) is 0 Å². The zero-order valence-corrected chi connectivity index (χ0v) is 14.9. The molecular weight excluding hydrogens is 318 g/mol. The lowest BCUT2D eigenvalue weighted by Crippen LogP contribution is -2.28. The SMILES string of the molecule is CC1(C)Cc2cc(-c3ccncc3)ccc2-c2nc3ccccc3nc21. The molecule has 2 aromatic carbocycles. The molecule has 0 amide bonds. The quantitative estimate of drug-likeness (QED) is 0.479. The molecule has 0 saturated heterocycles. The lowest BCUT2D eigenvalue weighted by atomic mass is 9.74. The molecule has 1 aliphatic rings. The summed E-state index contributed by atoms with van der Waals surface area (Å²) in [6.45, 7) is 4.52. The molecule has 0 N–H and O–H groups in total. The smallest absolute Gasteiger partial charge is 0.0933 e. The van der Waals surface area contributed by atoms with E-state index in [4.69, 9.17) is 9.97 Å². The molecule has 1 aliphatic carbocycles. The van der Waals surface area contributed by atoms with Crippen molar-refractivity contribution in [2.45, 2.75) is 25.7 Å². The molecule has 5 rings (SSSR count). The number of para-hydroxylation sites is 2. The first kappa shape index (κ1) is 15.2. The van der Waals surface area contributed by atoms with Gasteiger partial charge in [-0.3, -0.25) is 4.98 Å². The average Bonchev–Trinajstić information content (AvgIpc) is 2.67. The topological polar surface area (TPSA) is 38.7 Å². The Morgan fingerprint density at radius 3 is 2.31 bits per heavy atom. The van der Waals surface area contributed by atoms with Gasteiger partial charge < -0.3 is 0 Å². The molecule has 2 heterocycles. The number of benzene rings is 2. The van der Waals surface area contributed by atoms with Crippen LogP contribution in [0.5, 0.6) is 0 Å². The lowest BCUT2D eigenvalue weighted by molar-refractivity contribution is 0.500. The maximum atomic E-state index is 4.98. The van der Waals surface area contributed by atoms with Crippen LogP contribution in [0.4, 0.5) is 0 Å². The summed E-state index contributed by atoms with van der Waals surface area (Å²) >= 11 is 0. The fourth-order valence-corrected chi connectivity index (χ4v) is 3.91. The highest BCUT2D eigenvalue weighted by Crippen LogP contribution is 2.42. The molecule has 0 atom stereocenters. The van der Waals surface area contributed by atoms with Crippen LogP contribution in [0.25, 0.3) is 33.4 Å². The normalized spacial score (nSPS) is 14.7. The molecule has 3 nitrogen and oxygen atoms in total. The molecule has 0 saturated carbocycles. The summed E-state index contributed by atoms with van der Waals surface area (Å²) in [5.41, 5.74) is 8.95. The zero-order valence-electron chi connectivity index (χ0n) is 14.9. The van der Waals surface area contributed by atoms with Crippen molar-refractivity contribution < 1.29 is 0 Å². The van der Waals surface area contributed by atoms with Gasteiger partial charge in [0.25, 0.3) is 0 Å². The van der Waals surface area contributed by atoms with Crippen molar-refractivity contribution in [3.63, 3.8) is 0 Å². The van der Waals surface area contributed by atoms with Crippen LogP contribution in [0, 0.1) is 0 Å². The zero-order chi connectivity index (χ0) is 17.7. The molecule has 4 aromatic rings. The predicted molar refractivity (Wildman–Crippen MR) is 105 cm³/mol. The summed E-state index contributed by atoms with van der Waals surface area (Å²) in [6, 6.07) is 18.9. The number of aromatic nitrogens is 3. The summed E-state index contributed by atoms with van der Waals surface area (Å²) in [7, 11) is 0. The third kappa shape index (κ3) is 2.31. The average molecular weight is 337 g/mol. The van der Waals surface area contributed by atoms with Crippen molar-refractivity contribution >= 4 is 11.0 Å². The lowest BCUT2D eigenvalue weighted by Gasteiger charge is -2.32. The summed E-state index contributed by atoms with van der Waals surface area (Å²) in [5, 5.41) is 0. The Morgan fingerprint density at radius 2 is 1.54 bits per heavy atom. The molecule has 0 unspecified atom stereocenters. The van der Waals surface area contributed by atoms with Gasteiger partial charge in [-0.05, 0) is 47.4 Å². The second-order valence-corrected chi connectivity index (χ2v) is 7.58. The number of hydrogen-bond acceptors (Lipinski definition) is 3. The van der Waals surface area contributed by atoms with E-state index in [0.29, 0.717) is 0 Å². The van der Waals surface area contributed by atoms with Crippen molar-refractivity contribution in [3.8, 4) is 22.4 Å². The van der Waals surface area contributed by atoms with Gasteiger partial charge in [-0.1, -0.05) is 44.2 Å². The van der Waals surface area contributed by atoms with Crippen LogP contribution in [-0.4, -0.2) is 15.0 Å². The summed E-state index contributed by atoms with van der Waals surface area (Å²) in [5.74, 6) is 0. The molecule has 0 bridgehead atoms. The molecule has 0 aliphatic heterocycles. The van der Waals surface area contributed by atoms with E-state index in [-0.39, 0.29) is 5.41 Å². The second kappa shape index (κ2) is 5.46. The molecular formula is C23H19N3. The van der Waals surface area contributed by atoms with E-state index in [1.165, 1.54) is 22.3 Å². The summed E-state index contributed by atoms with van der Waals surface area (Å²) < 4.78 is 0. The Labute approximate surface area is 152 Å². The van der Waals surface area contributed by atoms with Crippen molar-refractivity contribution in [1.82, 2.24) is 15.0 Å². The van der Waals surface area contributed by atoms with Crippen LogP contribution in [0.1, 0.15) is 25.1 Å². The van der Waals surface area contributed by atoms with Gasteiger partial charge in [0.05, 0.1) is 22.4 Å². The van der Waals surface area contributed by atoms with E-state index in [0.717, 1.165) is 28.8 Å². The van der Waals surface area contributed by atoms with Crippen LogP contribution in [-0.2, 0) is 11.8 Å². The Balaban J connectivity index is 1.74. The summed E-state index contributed by atoms with van der Waals surface area (Å²) in [4.78, 5) is 14.1. The molecule has 0 spiro atoms. The van der Waals surface area contributed by atoms with Crippen molar-refractivity contribution in [2.24, 2.45) is 0 Å². The molecule has 2 aromatic heterocycles. The number of rotatable bonds is 1. The van der Waals surface area contributed by atoms with Crippen LogP contribution in [0.2, 0.25) is 0 Å². The summed E-state index contributed by atoms with van der Waals surface area (Å²) in [6.07, 6.45) is 4.64.